The second-order valence-electron chi connectivity index (χ2n) is 5.14. The highest BCUT2D eigenvalue weighted by Gasteiger charge is 2.09. The molecule has 9 N–H and O–H groups in total. The maximum Gasteiger partial charge on any atom is 0.320 e. The summed E-state index contributed by atoms with van der Waals surface area (Å²) in [6.45, 7) is -0.0663. The molecule has 0 aliphatic carbocycles. The van der Waals surface area contributed by atoms with Crippen LogP contribution in [0.2, 0.25) is 0 Å². The van der Waals surface area contributed by atoms with Crippen molar-refractivity contribution < 1.29 is 19.8 Å². The smallest absolute Gasteiger partial charge is 0.320 e. The summed E-state index contributed by atoms with van der Waals surface area (Å²) in [5.41, 5.74) is 11.7. The highest BCUT2D eigenvalue weighted by molar-refractivity contribution is 7.16. The van der Waals surface area contributed by atoms with Gasteiger partial charge in [-0.1, -0.05) is 6.07 Å². The maximum atomic E-state index is 11.7. The third kappa shape index (κ3) is 5.64. The molecule has 0 atom stereocenters. The van der Waals surface area contributed by atoms with Crippen LogP contribution >= 0.6 is 11.3 Å². The molecule has 134 valence electrons. The summed E-state index contributed by atoms with van der Waals surface area (Å²) in [5.74, 6) is -0.906. The van der Waals surface area contributed by atoms with Crippen LogP contribution in [0.5, 0.6) is 11.5 Å². The molecule has 10 heteroatoms. The number of anilines is 1. The molecule has 0 radical (unpaired) electrons. The fourth-order valence-electron chi connectivity index (χ4n) is 1.86. The quantitative estimate of drug-likeness (QED) is 0.291. The Kier molecular flexibility index (Phi) is 6.17. The second-order valence-corrected chi connectivity index (χ2v) is 6.25. The number of amides is 3. The Hall–Kier alpha value is -2.82. The number of aromatic hydroxyl groups is 2. The standard InChI is InChI=1S/C15H19N5O4S/c16-14(17)11-3-4-13(25-11)20-15(24)19-7-12(23)18-6-8-1-2-9(21)10(22)5-8/h1-5,14,21-22H,6-7,16-17H2,(H,18,23)(H2,19,20,24). The summed E-state index contributed by atoms with van der Waals surface area (Å²) in [6.07, 6.45) is -0.603. The first-order valence-corrected chi connectivity index (χ1v) is 8.10. The van der Waals surface area contributed by atoms with Gasteiger partial charge >= 0.3 is 6.03 Å². The van der Waals surface area contributed by atoms with Crippen LogP contribution in [0.25, 0.3) is 0 Å². The van der Waals surface area contributed by atoms with Crippen LogP contribution in [0.3, 0.4) is 0 Å². The second kappa shape index (κ2) is 8.33. The van der Waals surface area contributed by atoms with Crippen LogP contribution in [0.4, 0.5) is 9.80 Å². The normalized spacial score (nSPS) is 10.5. The lowest BCUT2D eigenvalue weighted by molar-refractivity contribution is -0.120. The van der Waals surface area contributed by atoms with E-state index in [-0.39, 0.29) is 24.6 Å². The minimum Gasteiger partial charge on any atom is -0.504 e. The van der Waals surface area contributed by atoms with Crippen molar-refractivity contribution in [3.63, 3.8) is 0 Å². The number of phenols is 2. The molecule has 0 saturated heterocycles. The molecule has 0 aliphatic rings. The summed E-state index contributed by atoms with van der Waals surface area (Å²) >= 11 is 1.25. The van der Waals surface area contributed by atoms with Gasteiger partial charge in [0.05, 0.1) is 17.7 Å². The van der Waals surface area contributed by atoms with E-state index in [1.165, 1.54) is 23.5 Å². The Labute approximate surface area is 147 Å². The van der Waals surface area contributed by atoms with Crippen molar-refractivity contribution in [1.29, 1.82) is 0 Å². The van der Waals surface area contributed by atoms with Gasteiger partial charge in [-0.25, -0.2) is 4.79 Å². The summed E-state index contributed by atoms with van der Waals surface area (Å²) in [5, 5.41) is 26.7. The molecule has 0 aliphatic heterocycles. The van der Waals surface area contributed by atoms with Crippen molar-refractivity contribution in [1.82, 2.24) is 10.6 Å². The average Bonchev–Trinajstić information content (AvgIpc) is 3.03. The van der Waals surface area contributed by atoms with Crippen LogP contribution in [0.1, 0.15) is 16.6 Å². The molecule has 0 spiro atoms. The summed E-state index contributed by atoms with van der Waals surface area (Å²) in [7, 11) is 0. The Morgan fingerprint density at radius 1 is 1.08 bits per heavy atom. The van der Waals surface area contributed by atoms with Crippen LogP contribution in [0, 0.1) is 0 Å². The zero-order valence-electron chi connectivity index (χ0n) is 13.2. The molecule has 0 fully saturated rings. The first-order chi connectivity index (χ1) is 11.8. The van der Waals surface area contributed by atoms with E-state index < -0.39 is 18.1 Å². The van der Waals surface area contributed by atoms with Crippen molar-refractivity contribution in [3.05, 3.63) is 40.8 Å². The van der Waals surface area contributed by atoms with E-state index >= 15 is 0 Å². The first kappa shape index (κ1) is 18.5. The molecule has 2 aromatic rings. The number of hydrogen-bond donors (Lipinski definition) is 7. The van der Waals surface area contributed by atoms with E-state index in [2.05, 4.69) is 16.0 Å². The lowest BCUT2D eigenvalue weighted by atomic mass is 10.2. The van der Waals surface area contributed by atoms with Crippen molar-refractivity contribution in [2.75, 3.05) is 11.9 Å². The highest BCUT2D eigenvalue weighted by atomic mass is 32.1. The number of phenolic OH excluding ortho intramolecular Hbond substituents is 2. The Bertz CT molecular complexity index is 762. The fraction of sp³-hybridized carbons (Fsp3) is 0.200. The van der Waals surface area contributed by atoms with Gasteiger partial charge in [0.15, 0.2) is 11.5 Å². The maximum absolute atomic E-state index is 11.7. The molecule has 1 heterocycles. The number of urea groups is 1. The van der Waals surface area contributed by atoms with Gasteiger partial charge < -0.3 is 32.3 Å². The molecule has 2 rings (SSSR count). The van der Waals surface area contributed by atoms with Gasteiger partial charge in [-0.05, 0) is 29.8 Å². The molecule has 3 amide bonds. The topological polar surface area (TPSA) is 163 Å². The van der Waals surface area contributed by atoms with E-state index in [9.17, 15) is 19.8 Å². The Morgan fingerprint density at radius 2 is 1.84 bits per heavy atom. The van der Waals surface area contributed by atoms with Gasteiger partial charge in [0.25, 0.3) is 0 Å². The summed E-state index contributed by atoms with van der Waals surface area (Å²) in [6, 6.07) is 7.08. The lowest BCUT2D eigenvalue weighted by Gasteiger charge is -2.08. The number of benzene rings is 1. The molecule has 0 bridgehead atoms. The van der Waals surface area contributed by atoms with Gasteiger partial charge in [-0.2, -0.15) is 0 Å². The largest absolute Gasteiger partial charge is 0.504 e. The number of nitrogens with two attached hydrogens (primary N) is 2. The molecule has 9 nitrogen and oxygen atoms in total. The van der Waals surface area contributed by atoms with Crippen LogP contribution < -0.4 is 27.4 Å². The number of nitrogens with one attached hydrogen (secondary N) is 3. The van der Waals surface area contributed by atoms with E-state index in [0.29, 0.717) is 10.6 Å². The number of carbonyl (C=O) groups excluding carboxylic acids is 2. The van der Waals surface area contributed by atoms with Gasteiger partial charge in [-0.15, -0.1) is 11.3 Å². The minimum atomic E-state index is -0.603. The number of rotatable bonds is 6. The molecule has 25 heavy (non-hydrogen) atoms. The molecular formula is C15H19N5O4S. The zero-order chi connectivity index (χ0) is 18.4. The van der Waals surface area contributed by atoms with Gasteiger partial charge in [0, 0.05) is 11.4 Å². The average molecular weight is 365 g/mol. The summed E-state index contributed by atoms with van der Waals surface area (Å²) < 4.78 is 0. The van der Waals surface area contributed by atoms with Crippen molar-refractivity contribution in [2.24, 2.45) is 11.5 Å². The van der Waals surface area contributed by atoms with E-state index in [1.807, 2.05) is 0 Å². The van der Waals surface area contributed by atoms with Crippen LogP contribution in [-0.4, -0.2) is 28.7 Å². The van der Waals surface area contributed by atoms with E-state index in [0.717, 1.165) is 4.88 Å². The van der Waals surface area contributed by atoms with Gasteiger partial charge in [0.1, 0.15) is 0 Å². The summed E-state index contributed by atoms with van der Waals surface area (Å²) in [4.78, 5) is 24.2. The van der Waals surface area contributed by atoms with Gasteiger partial charge in [0.2, 0.25) is 5.91 Å². The highest BCUT2D eigenvalue weighted by Crippen LogP contribution is 2.25. The van der Waals surface area contributed by atoms with E-state index in [1.54, 1.807) is 18.2 Å². The third-order valence-corrected chi connectivity index (χ3v) is 4.23. The van der Waals surface area contributed by atoms with Crippen molar-refractivity contribution in [2.45, 2.75) is 12.7 Å². The van der Waals surface area contributed by atoms with Gasteiger partial charge in [-0.3, -0.25) is 10.1 Å². The number of carbonyl (C=O) groups is 2. The number of hydrogen-bond acceptors (Lipinski definition) is 7. The van der Waals surface area contributed by atoms with Crippen LogP contribution in [0.15, 0.2) is 30.3 Å². The Balaban J connectivity index is 1.73. The Morgan fingerprint density at radius 3 is 2.48 bits per heavy atom. The van der Waals surface area contributed by atoms with Crippen molar-refractivity contribution >= 4 is 28.3 Å². The monoisotopic (exact) mass is 365 g/mol. The SMILES string of the molecule is NC(N)c1ccc(NC(=O)NCC(=O)NCc2ccc(O)c(O)c2)s1. The third-order valence-electron chi connectivity index (χ3n) is 3.13. The molecule has 1 aromatic carbocycles. The predicted octanol–water partition coefficient (Wildman–Crippen LogP) is 0.513. The van der Waals surface area contributed by atoms with Crippen molar-refractivity contribution in [3.8, 4) is 11.5 Å². The zero-order valence-corrected chi connectivity index (χ0v) is 14.0. The first-order valence-electron chi connectivity index (χ1n) is 7.28. The molecular weight excluding hydrogens is 346 g/mol. The molecule has 0 saturated carbocycles. The molecule has 1 aromatic heterocycles. The minimum absolute atomic E-state index is 0.151. The fourth-order valence-corrected chi connectivity index (χ4v) is 2.66. The number of thiophene rings is 1. The lowest BCUT2D eigenvalue weighted by Crippen LogP contribution is -2.38. The van der Waals surface area contributed by atoms with Crippen LogP contribution in [-0.2, 0) is 11.3 Å². The predicted molar refractivity (Wildman–Crippen MR) is 94.1 cm³/mol. The van der Waals surface area contributed by atoms with E-state index in [4.69, 9.17) is 11.5 Å². The molecule has 0 unspecified atom stereocenters.